The predicted octanol–water partition coefficient (Wildman–Crippen LogP) is 5.04. The van der Waals surface area contributed by atoms with Crippen LogP contribution in [0.3, 0.4) is 0 Å². The number of methoxy groups -OCH3 is 1. The van der Waals surface area contributed by atoms with Crippen LogP contribution in [0.5, 0.6) is 5.75 Å². The third-order valence-electron chi connectivity index (χ3n) is 7.13. The quantitative estimate of drug-likeness (QED) is 0.279. The molecule has 2 aromatic heterocycles. The molecule has 1 amide bonds. The third kappa shape index (κ3) is 6.34. The fourth-order valence-corrected chi connectivity index (χ4v) is 6.16. The number of aromatic nitrogens is 3. The number of amides is 1. The number of piperidine rings is 1. The van der Waals surface area contributed by atoms with E-state index in [2.05, 4.69) is 25.2 Å². The number of H-pyrrole nitrogens is 1. The van der Waals surface area contributed by atoms with Gasteiger partial charge in [0.1, 0.15) is 12.4 Å². The van der Waals surface area contributed by atoms with Crippen molar-refractivity contribution in [2.24, 2.45) is 0 Å². The standard InChI is InChI=1S/C30H35N5O4S/c1-20-16-31-26(21(2)29(20)38-3)19-40(37)30-33-23-14-25(27(15-24(23)34-30)35-12-8-5-9-13-35)32-28(36)18-39-17-22-10-6-4-7-11-22/h4,6-7,10-11,14-16H,5,8-9,12-13,17-19H2,1-3H3,(H,32,36)(H,33,34). The molecule has 1 aliphatic heterocycles. The molecule has 1 unspecified atom stereocenters. The molecule has 0 radical (unpaired) electrons. The molecule has 1 aliphatic rings. The van der Waals surface area contributed by atoms with Crippen molar-refractivity contribution in [1.29, 1.82) is 0 Å². The summed E-state index contributed by atoms with van der Waals surface area (Å²) in [6, 6.07) is 13.6. The average Bonchev–Trinajstić information content (AvgIpc) is 3.39. The van der Waals surface area contributed by atoms with Gasteiger partial charge in [-0.05, 0) is 50.8 Å². The Morgan fingerprint density at radius 1 is 1.12 bits per heavy atom. The van der Waals surface area contributed by atoms with Crippen molar-refractivity contribution in [3.8, 4) is 5.75 Å². The summed E-state index contributed by atoms with van der Waals surface area (Å²) in [6.45, 7) is 5.97. The van der Waals surface area contributed by atoms with E-state index in [9.17, 15) is 9.00 Å². The van der Waals surface area contributed by atoms with Crippen LogP contribution in [0.4, 0.5) is 11.4 Å². The highest BCUT2D eigenvalue weighted by Gasteiger charge is 2.21. The third-order valence-corrected chi connectivity index (χ3v) is 8.29. The number of pyridine rings is 1. The smallest absolute Gasteiger partial charge is 0.250 e. The molecular weight excluding hydrogens is 526 g/mol. The van der Waals surface area contributed by atoms with Gasteiger partial charge in [0.15, 0.2) is 5.16 Å². The number of aryl methyl sites for hydroxylation is 1. The van der Waals surface area contributed by atoms with Gasteiger partial charge in [-0.3, -0.25) is 14.0 Å². The van der Waals surface area contributed by atoms with Gasteiger partial charge in [-0.1, -0.05) is 30.3 Å². The summed E-state index contributed by atoms with van der Waals surface area (Å²) in [4.78, 5) is 27.5. The summed E-state index contributed by atoms with van der Waals surface area (Å²) >= 11 is 0. The van der Waals surface area contributed by atoms with Crippen LogP contribution in [0.1, 0.15) is 41.6 Å². The second-order valence-corrected chi connectivity index (χ2v) is 11.4. The van der Waals surface area contributed by atoms with Crippen molar-refractivity contribution in [3.05, 3.63) is 71.0 Å². The number of anilines is 2. The lowest BCUT2D eigenvalue weighted by atomic mass is 10.1. The number of hydrogen-bond donors (Lipinski definition) is 2. The molecule has 210 valence electrons. The second-order valence-electron chi connectivity index (χ2n) is 10.0. The Hall–Kier alpha value is -3.76. The summed E-state index contributed by atoms with van der Waals surface area (Å²) in [5.41, 5.74) is 6.53. The second kappa shape index (κ2) is 12.6. The molecular formula is C30H35N5O4S. The topological polar surface area (TPSA) is 109 Å². The van der Waals surface area contributed by atoms with E-state index in [1.165, 1.54) is 6.42 Å². The molecule has 0 bridgehead atoms. The number of aromatic amines is 1. The molecule has 9 nitrogen and oxygen atoms in total. The van der Waals surface area contributed by atoms with Crippen molar-refractivity contribution < 1.29 is 18.5 Å². The number of imidazole rings is 1. The molecule has 10 heteroatoms. The first kappa shape index (κ1) is 27.8. The van der Waals surface area contributed by atoms with Gasteiger partial charge >= 0.3 is 0 Å². The first-order valence-corrected chi connectivity index (χ1v) is 14.8. The predicted molar refractivity (Wildman–Crippen MR) is 157 cm³/mol. The minimum Gasteiger partial charge on any atom is -0.496 e. The van der Waals surface area contributed by atoms with Crippen LogP contribution in [-0.4, -0.2) is 51.9 Å². The Bertz CT molecular complexity index is 1520. The molecule has 0 aliphatic carbocycles. The van der Waals surface area contributed by atoms with Crippen molar-refractivity contribution >= 4 is 39.1 Å². The van der Waals surface area contributed by atoms with E-state index in [-0.39, 0.29) is 18.3 Å². The number of nitrogens with one attached hydrogen (secondary N) is 2. The molecule has 0 spiro atoms. The Labute approximate surface area is 236 Å². The van der Waals surface area contributed by atoms with Crippen molar-refractivity contribution in [2.45, 2.75) is 50.6 Å². The van der Waals surface area contributed by atoms with E-state index in [0.29, 0.717) is 34.2 Å². The van der Waals surface area contributed by atoms with Gasteiger partial charge in [0, 0.05) is 30.4 Å². The molecule has 0 saturated carbocycles. The maximum absolute atomic E-state index is 13.3. The van der Waals surface area contributed by atoms with Crippen LogP contribution < -0.4 is 15.0 Å². The van der Waals surface area contributed by atoms with Gasteiger partial charge in [0.25, 0.3) is 0 Å². The van der Waals surface area contributed by atoms with E-state index in [1.54, 1.807) is 13.3 Å². The fourth-order valence-electron chi connectivity index (χ4n) is 5.06. The number of rotatable bonds is 10. The average molecular weight is 562 g/mol. The number of nitrogens with zero attached hydrogens (tertiary/aromatic N) is 3. The van der Waals surface area contributed by atoms with Crippen molar-refractivity contribution in [3.63, 3.8) is 0 Å². The van der Waals surface area contributed by atoms with Gasteiger partial charge in [-0.2, -0.15) is 0 Å². The molecule has 4 aromatic rings. The minimum atomic E-state index is -1.45. The SMILES string of the molecule is COc1c(C)cnc(CS(=O)c2nc3cc(N4CCCCC4)c(NC(=O)COCc4ccccc4)cc3[nH]2)c1C. The van der Waals surface area contributed by atoms with E-state index < -0.39 is 10.8 Å². The summed E-state index contributed by atoms with van der Waals surface area (Å²) in [5, 5.41) is 3.41. The lowest BCUT2D eigenvalue weighted by molar-refractivity contribution is -0.121. The molecule has 2 N–H and O–H groups in total. The number of ether oxygens (including phenoxy) is 2. The van der Waals surface area contributed by atoms with E-state index >= 15 is 0 Å². The highest BCUT2D eigenvalue weighted by atomic mass is 32.2. The monoisotopic (exact) mass is 561 g/mol. The molecule has 1 saturated heterocycles. The van der Waals surface area contributed by atoms with E-state index in [0.717, 1.165) is 54.1 Å². The molecule has 2 aromatic carbocycles. The molecule has 1 fully saturated rings. The Morgan fingerprint density at radius 2 is 1.90 bits per heavy atom. The summed E-state index contributed by atoms with van der Waals surface area (Å²) in [5.74, 6) is 0.738. The van der Waals surface area contributed by atoms with Gasteiger partial charge < -0.3 is 24.7 Å². The molecule has 5 rings (SSSR count). The Balaban J connectivity index is 1.36. The molecule has 3 heterocycles. The zero-order valence-electron chi connectivity index (χ0n) is 23.2. The summed E-state index contributed by atoms with van der Waals surface area (Å²) < 4.78 is 24.5. The highest BCUT2D eigenvalue weighted by molar-refractivity contribution is 7.84. The zero-order chi connectivity index (χ0) is 28.1. The lowest BCUT2D eigenvalue weighted by Crippen LogP contribution is -2.30. The molecule has 40 heavy (non-hydrogen) atoms. The highest BCUT2D eigenvalue weighted by Crippen LogP contribution is 2.33. The number of carbonyl (C=O) groups excluding carboxylic acids is 1. The summed E-state index contributed by atoms with van der Waals surface area (Å²) in [6.07, 6.45) is 5.11. The minimum absolute atomic E-state index is 0.0586. The first-order valence-electron chi connectivity index (χ1n) is 13.5. The van der Waals surface area contributed by atoms with Crippen LogP contribution in [0.15, 0.2) is 53.8 Å². The van der Waals surface area contributed by atoms with Crippen LogP contribution in [0, 0.1) is 13.8 Å². The Kier molecular flexibility index (Phi) is 8.76. The van der Waals surface area contributed by atoms with Gasteiger partial charge in [-0.15, -0.1) is 0 Å². The number of carbonyl (C=O) groups is 1. The maximum Gasteiger partial charge on any atom is 0.250 e. The fraction of sp³-hybridized carbons (Fsp3) is 0.367. The summed E-state index contributed by atoms with van der Waals surface area (Å²) in [7, 11) is 0.175. The Morgan fingerprint density at radius 3 is 2.65 bits per heavy atom. The van der Waals surface area contributed by atoms with Crippen molar-refractivity contribution in [2.75, 3.05) is 37.0 Å². The van der Waals surface area contributed by atoms with Crippen LogP contribution in [0.2, 0.25) is 0 Å². The van der Waals surface area contributed by atoms with Crippen LogP contribution in [0.25, 0.3) is 11.0 Å². The number of fused-ring (bicyclic) bond motifs is 1. The van der Waals surface area contributed by atoms with Gasteiger partial charge in [0.05, 0.1) is 58.4 Å². The molecule has 1 atom stereocenters. The van der Waals surface area contributed by atoms with Gasteiger partial charge in [0.2, 0.25) is 5.91 Å². The van der Waals surface area contributed by atoms with Gasteiger partial charge in [-0.25, -0.2) is 4.98 Å². The first-order chi connectivity index (χ1) is 19.4. The normalized spacial score (nSPS) is 14.3. The van der Waals surface area contributed by atoms with Crippen LogP contribution >= 0.6 is 0 Å². The van der Waals surface area contributed by atoms with E-state index in [4.69, 9.17) is 9.47 Å². The van der Waals surface area contributed by atoms with Crippen molar-refractivity contribution in [1.82, 2.24) is 15.0 Å². The lowest BCUT2D eigenvalue weighted by Gasteiger charge is -2.30. The zero-order valence-corrected chi connectivity index (χ0v) is 24.0. The largest absolute Gasteiger partial charge is 0.496 e. The van der Waals surface area contributed by atoms with E-state index in [1.807, 2.05) is 56.3 Å². The van der Waals surface area contributed by atoms with Crippen LogP contribution in [-0.2, 0) is 32.7 Å². The number of benzene rings is 2. The maximum atomic E-state index is 13.3. The number of hydrogen-bond acceptors (Lipinski definition) is 7.